The van der Waals surface area contributed by atoms with Crippen LogP contribution in [0.2, 0.25) is 0 Å². The maximum Gasteiger partial charge on any atom is 0.255 e. The summed E-state index contributed by atoms with van der Waals surface area (Å²) in [6.07, 6.45) is 0. The number of nitrogens with zero attached hydrogens (tertiary/aromatic N) is 2. The number of carbonyl (C=O) groups is 2. The van der Waals surface area contributed by atoms with Crippen molar-refractivity contribution < 1.29 is 18.4 Å². The molecule has 0 unspecified atom stereocenters. The van der Waals surface area contributed by atoms with E-state index in [1.165, 1.54) is 6.07 Å². The van der Waals surface area contributed by atoms with Crippen molar-refractivity contribution in [3.05, 3.63) is 59.7 Å². The standard InChI is InChI=1S/C19H19F2N3O2/c1-13(25)23-8-10-24(11-9-23)16-5-3-15(4-6-16)22-19(26)14-2-7-17(20)18(21)12-14/h2-7,12H,8-11H2,1H3,(H,22,26). The summed E-state index contributed by atoms with van der Waals surface area (Å²) in [5.41, 5.74) is 1.61. The Morgan fingerprint density at radius 3 is 2.15 bits per heavy atom. The molecule has 0 saturated carbocycles. The van der Waals surface area contributed by atoms with E-state index in [0.29, 0.717) is 18.8 Å². The highest BCUT2D eigenvalue weighted by Gasteiger charge is 2.18. The summed E-state index contributed by atoms with van der Waals surface area (Å²) >= 11 is 0. The molecular formula is C19H19F2N3O2. The van der Waals surface area contributed by atoms with Crippen LogP contribution in [0.25, 0.3) is 0 Å². The lowest BCUT2D eigenvalue weighted by molar-refractivity contribution is -0.129. The van der Waals surface area contributed by atoms with Gasteiger partial charge >= 0.3 is 0 Å². The minimum Gasteiger partial charge on any atom is -0.368 e. The van der Waals surface area contributed by atoms with Crippen molar-refractivity contribution in [3.8, 4) is 0 Å². The van der Waals surface area contributed by atoms with E-state index in [2.05, 4.69) is 10.2 Å². The summed E-state index contributed by atoms with van der Waals surface area (Å²) in [5.74, 6) is -2.47. The van der Waals surface area contributed by atoms with Gasteiger partial charge in [-0.2, -0.15) is 0 Å². The molecule has 0 bridgehead atoms. The van der Waals surface area contributed by atoms with Crippen molar-refractivity contribution in [2.75, 3.05) is 36.4 Å². The van der Waals surface area contributed by atoms with Gasteiger partial charge in [-0.15, -0.1) is 0 Å². The number of benzene rings is 2. The van der Waals surface area contributed by atoms with Crippen molar-refractivity contribution in [2.24, 2.45) is 0 Å². The molecule has 26 heavy (non-hydrogen) atoms. The van der Waals surface area contributed by atoms with E-state index in [0.717, 1.165) is 30.9 Å². The molecule has 5 nitrogen and oxygen atoms in total. The molecule has 2 amide bonds. The largest absolute Gasteiger partial charge is 0.368 e. The molecule has 1 fully saturated rings. The minimum atomic E-state index is -1.06. The fourth-order valence-electron chi connectivity index (χ4n) is 2.88. The Balaban J connectivity index is 1.62. The first kappa shape index (κ1) is 17.8. The number of halogens is 2. The highest BCUT2D eigenvalue weighted by atomic mass is 19.2. The quantitative estimate of drug-likeness (QED) is 0.917. The number of hydrogen-bond acceptors (Lipinski definition) is 3. The number of piperazine rings is 1. The molecule has 2 aromatic carbocycles. The molecule has 136 valence electrons. The van der Waals surface area contributed by atoms with Crippen molar-refractivity contribution >= 4 is 23.2 Å². The number of nitrogens with one attached hydrogen (secondary N) is 1. The van der Waals surface area contributed by atoms with Gasteiger partial charge in [-0.1, -0.05) is 0 Å². The van der Waals surface area contributed by atoms with Crippen molar-refractivity contribution in [3.63, 3.8) is 0 Å². The zero-order chi connectivity index (χ0) is 18.7. The van der Waals surface area contributed by atoms with Gasteiger partial charge in [0.15, 0.2) is 11.6 Å². The highest BCUT2D eigenvalue weighted by Crippen LogP contribution is 2.20. The monoisotopic (exact) mass is 359 g/mol. The van der Waals surface area contributed by atoms with Gasteiger partial charge in [-0.25, -0.2) is 8.78 Å². The first-order chi connectivity index (χ1) is 12.4. The van der Waals surface area contributed by atoms with Crippen LogP contribution in [0.3, 0.4) is 0 Å². The molecule has 7 heteroatoms. The highest BCUT2D eigenvalue weighted by molar-refractivity contribution is 6.04. The topological polar surface area (TPSA) is 52.7 Å². The van der Waals surface area contributed by atoms with Gasteiger partial charge in [0.1, 0.15) is 0 Å². The zero-order valence-corrected chi connectivity index (χ0v) is 14.3. The second kappa shape index (κ2) is 7.51. The van der Waals surface area contributed by atoms with E-state index < -0.39 is 17.5 Å². The van der Waals surface area contributed by atoms with Crippen LogP contribution in [-0.2, 0) is 4.79 Å². The molecule has 0 spiro atoms. The third kappa shape index (κ3) is 3.99. The van der Waals surface area contributed by atoms with Crippen LogP contribution in [0, 0.1) is 11.6 Å². The van der Waals surface area contributed by atoms with Gasteiger partial charge in [0.25, 0.3) is 5.91 Å². The molecule has 2 aromatic rings. The second-order valence-electron chi connectivity index (χ2n) is 6.12. The molecule has 0 radical (unpaired) electrons. The van der Waals surface area contributed by atoms with Crippen molar-refractivity contribution in [2.45, 2.75) is 6.92 Å². The summed E-state index contributed by atoms with van der Waals surface area (Å²) in [4.78, 5) is 27.5. The molecule has 1 aliphatic heterocycles. The number of anilines is 2. The number of rotatable bonds is 3. The Morgan fingerprint density at radius 2 is 1.58 bits per heavy atom. The van der Waals surface area contributed by atoms with E-state index in [-0.39, 0.29) is 11.5 Å². The smallest absolute Gasteiger partial charge is 0.255 e. The number of carbonyl (C=O) groups excluding carboxylic acids is 2. The van der Waals surface area contributed by atoms with Gasteiger partial charge < -0.3 is 15.1 Å². The average molecular weight is 359 g/mol. The molecule has 1 heterocycles. The average Bonchev–Trinajstić information content (AvgIpc) is 2.64. The molecule has 3 rings (SSSR count). The maximum atomic E-state index is 13.2. The van der Waals surface area contributed by atoms with Crippen LogP contribution in [0.15, 0.2) is 42.5 Å². The molecule has 1 saturated heterocycles. The lowest BCUT2D eigenvalue weighted by atomic mass is 10.2. The first-order valence-corrected chi connectivity index (χ1v) is 8.31. The zero-order valence-electron chi connectivity index (χ0n) is 14.3. The Hall–Kier alpha value is -2.96. The van der Waals surface area contributed by atoms with Gasteiger partial charge in [0.2, 0.25) is 5.91 Å². The van der Waals surface area contributed by atoms with Crippen LogP contribution >= 0.6 is 0 Å². The lowest BCUT2D eigenvalue weighted by Crippen LogP contribution is -2.48. The van der Waals surface area contributed by atoms with E-state index in [1.54, 1.807) is 19.1 Å². The Bertz CT molecular complexity index is 816. The predicted molar refractivity (Wildman–Crippen MR) is 95.2 cm³/mol. The number of amides is 2. The Morgan fingerprint density at radius 1 is 0.923 bits per heavy atom. The van der Waals surface area contributed by atoms with E-state index in [4.69, 9.17) is 0 Å². The second-order valence-corrected chi connectivity index (χ2v) is 6.12. The van der Waals surface area contributed by atoms with Crippen LogP contribution in [0.1, 0.15) is 17.3 Å². The summed E-state index contributed by atoms with van der Waals surface area (Å²) < 4.78 is 26.2. The van der Waals surface area contributed by atoms with E-state index >= 15 is 0 Å². The van der Waals surface area contributed by atoms with Crippen molar-refractivity contribution in [1.29, 1.82) is 0 Å². The summed E-state index contributed by atoms with van der Waals surface area (Å²) in [7, 11) is 0. The lowest BCUT2D eigenvalue weighted by Gasteiger charge is -2.35. The van der Waals surface area contributed by atoms with Gasteiger partial charge in [-0.05, 0) is 42.5 Å². The third-order valence-corrected chi connectivity index (χ3v) is 4.40. The molecule has 1 aliphatic rings. The molecule has 0 atom stereocenters. The molecular weight excluding hydrogens is 340 g/mol. The van der Waals surface area contributed by atoms with Gasteiger partial charge in [0.05, 0.1) is 0 Å². The summed E-state index contributed by atoms with van der Waals surface area (Å²) in [5, 5.41) is 2.66. The third-order valence-electron chi connectivity index (χ3n) is 4.40. The molecule has 1 N–H and O–H groups in total. The minimum absolute atomic E-state index is 0.0494. The van der Waals surface area contributed by atoms with Gasteiger partial charge in [0, 0.05) is 50.0 Å². The summed E-state index contributed by atoms with van der Waals surface area (Å²) in [6.45, 7) is 4.44. The first-order valence-electron chi connectivity index (χ1n) is 8.31. The summed E-state index contributed by atoms with van der Waals surface area (Å²) in [6, 6.07) is 10.3. The fourth-order valence-corrected chi connectivity index (χ4v) is 2.88. The van der Waals surface area contributed by atoms with Gasteiger partial charge in [-0.3, -0.25) is 9.59 Å². The Kier molecular flexibility index (Phi) is 5.16. The van der Waals surface area contributed by atoms with Crippen molar-refractivity contribution in [1.82, 2.24) is 4.90 Å². The molecule has 0 aromatic heterocycles. The number of hydrogen-bond donors (Lipinski definition) is 1. The van der Waals surface area contributed by atoms with Crippen LogP contribution in [0.5, 0.6) is 0 Å². The van der Waals surface area contributed by atoms with Crippen LogP contribution in [-0.4, -0.2) is 42.9 Å². The maximum absolute atomic E-state index is 13.2. The van der Waals surface area contributed by atoms with E-state index in [9.17, 15) is 18.4 Å². The Labute approximate surface area is 150 Å². The van der Waals surface area contributed by atoms with Crippen LogP contribution in [0.4, 0.5) is 20.2 Å². The predicted octanol–water partition coefficient (Wildman–Crippen LogP) is 2.89. The molecule has 0 aliphatic carbocycles. The van der Waals surface area contributed by atoms with Crippen LogP contribution < -0.4 is 10.2 Å². The van der Waals surface area contributed by atoms with E-state index in [1.807, 2.05) is 17.0 Å². The fraction of sp³-hybridized carbons (Fsp3) is 0.263. The SMILES string of the molecule is CC(=O)N1CCN(c2ccc(NC(=O)c3ccc(F)c(F)c3)cc2)CC1. The normalized spacial score (nSPS) is 14.3.